The Morgan fingerprint density at radius 2 is 0.492 bits per heavy atom. The molecule has 0 aliphatic carbocycles. The van der Waals surface area contributed by atoms with Gasteiger partial charge in [0.2, 0.25) is 0 Å². The minimum atomic E-state index is 0.516. The predicted molar refractivity (Wildman–Crippen MR) is 244 cm³/mol. The minimum absolute atomic E-state index is 0.516. The summed E-state index contributed by atoms with van der Waals surface area (Å²) in [5, 5.41) is 0. The van der Waals surface area contributed by atoms with Gasteiger partial charge in [-0.25, -0.2) is 0 Å². The van der Waals surface area contributed by atoms with Crippen LogP contribution in [0.5, 0.6) is 5.75 Å². The highest BCUT2D eigenvalue weighted by Crippen LogP contribution is 2.15. The third-order valence-corrected chi connectivity index (χ3v) is 9.85. The molecule has 0 N–H and O–H groups in total. The summed E-state index contributed by atoms with van der Waals surface area (Å²) in [6.07, 6.45) is 23.9. The molecule has 12 nitrogen and oxygen atoms in total. The first kappa shape index (κ1) is 57.6. The monoisotopic (exact) mass is 873 g/mol. The Balaban J connectivity index is 1.65. The van der Waals surface area contributed by atoms with Crippen LogP contribution in [-0.2, 0) is 58.5 Å². The van der Waals surface area contributed by atoms with E-state index in [4.69, 9.17) is 56.8 Å². The fraction of sp³-hybridized carbons (Fsp3) is 0.878. The number of benzene rings is 1. The van der Waals surface area contributed by atoms with Crippen molar-refractivity contribution in [2.24, 2.45) is 0 Å². The fourth-order valence-corrected chi connectivity index (χ4v) is 6.25. The third-order valence-electron chi connectivity index (χ3n) is 9.85. The van der Waals surface area contributed by atoms with Crippen molar-refractivity contribution in [2.75, 3.05) is 152 Å². The summed E-state index contributed by atoms with van der Waals surface area (Å²) in [5.41, 5.74) is 1.38. The van der Waals surface area contributed by atoms with E-state index in [0.29, 0.717) is 145 Å². The van der Waals surface area contributed by atoms with Crippen molar-refractivity contribution in [1.82, 2.24) is 0 Å². The number of ether oxygens (including phenoxy) is 12. The normalized spacial score (nSPS) is 11.6. The lowest BCUT2D eigenvalue weighted by molar-refractivity contribution is -0.0277. The maximum Gasteiger partial charge on any atom is 0.119 e. The molecule has 0 aromatic heterocycles. The van der Waals surface area contributed by atoms with E-state index in [9.17, 15) is 0 Å². The molecule has 0 radical (unpaired) electrons. The number of rotatable bonds is 53. The van der Waals surface area contributed by atoms with Crippen molar-refractivity contribution < 1.29 is 56.8 Å². The van der Waals surface area contributed by atoms with Gasteiger partial charge < -0.3 is 56.8 Å². The van der Waals surface area contributed by atoms with Gasteiger partial charge in [-0.1, -0.05) is 122 Å². The molecule has 360 valence electrons. The molecule has 61 heavy (non-hydrogen) atoms. The van der Waals surface area contributed by atoms with Crippen LogP contribution in [0.15, 0.2) is 24.3 Å². The molecule has 0 aliphatic rings. The highest BCUT2D eigenvalue weighted by atomic mass is 16.6. The molecule has 1 aromatic carbocycles. The summed E-state index contributed by atoms with van der Waals surface area (Å²) in [6, 6.07) is 8.47. The van der Waals surface area contributed by atoms with Crippen LogP contribution >= 0.6 is 0 Å². The lowest BCUT2D eigenvalue weighted by atomic mass is 10.0. The van der Waals surface area contributed by atoms with Crippen LogP contribution in [0.1, 0.15) is 129 Å². The van der Waals surface area contributed by atoms with Crippen molar-refractivity contribution >= 4 is 0 Å². The van der Waals surface area contributed by atoms with Crippen molar-refractivity contribution in [2.45, 2.75) is 129 Å². The summed E-state index contributed by atoms with van der Waals surface area (Å²) in [5.74, 6) is 0.889. The van der Waals surface area contributed by atoms with Gasteiger partial charge in [0.1, 0.15) is 12.4 Å². The molecule has 0 unspecified atom stereocenters. The summed E-state index contributed by atoms with van der Waals surface area (Å²) < 4.78 is 67.0. The summed E-state index contributed by atoms with van der Waals surface area (Å²) in [6.45, 7) is 17.2. The van der Waals surface area contributed by atoms with E-state index in [-0.39, 0.29) is 0 Å². The molecule has 0 atom stereocenters. The lowest BCUT2D eigenvalue weighted by Crippen LogP contribution is -2.15. The van der Waals surface area contributed by atoms with Gasteiger partial charge >= 0.3 is 0 Å². The maximum absolute atomic E-state index is 5.80. The second kappa shape index (κ2) is 51.2. The second-order valence-corrected chi connectivity index (χ2v) is 15.3. The average molecular weight is 873 g/mol. The van der Waals surface area contributed by atoms with E-state index in [0.717, 1.165) is 25.2 Å². The molecule has 0 saturated carbocycles. The summed E-state index contributed by atoms with van der Waals surface area (Å²) in [7, 11) is 0. The summed E-state index contributed by atoms with van der Waals surface area (Å²) in [4.78, 5) is 0. The number of aryl methyl sites for hydroxylation is 1. The van der Waals surface area contributed by atoms with Crippen molar-refractivity contribution in [3.63, 3.8) is 0 Å². The van der Waals surface area contributed by atoms with Crippen LogP contribution < -0.4 is 4.74 Å². The number of hydrogen-bond acceptors (Lipinski definition) is 12. The Bertz CT molecular complexity index is 941. The molecule has 0 amide bonds. The first-order chi connectivity index (χ1) is 30.4. The van der Waals surface area contributed by atoms with Gasteiger partial charge in [-0.15, -0.1) is 0 Å². The second-order valence-electron chi connectivity index (χ2n) is 15.3. The molecular weight excluding hydrogens is 781 g/mol. The minimum Gasteiger partial charge on any atom is -0.491 e. The van der Waals surface area contributed by atoms with Crippen molar-refractivity contribution in [3.8, 4) is 5.75 Å². The molecule has 1 rings (SSSR count). The average Bonchev–Trinajstić information content (AvgIpc) is 3.28. The summed E-state index contributed by atoms with van der Waals surface area (Å²) >= 11 is 0. The van der Waals surface area contributed by atoms with Crippen molar-refractivity contribution in [3.05, 3.63) is 29.8 Å². The van der Waals surface area contributed by atoms with Gasteiger partial charge in [0.05, 0.1) is 139 Å². The number of unbranched alkanes of at least 4 members (excludes halogenated alkanes) is 15. The molecule has 0 heterocycles. The van der Waals surface area contributed by atoms with E-state index >= 15 is 0 Å². The van der Waals surface area contributed by atoms with Gasteiger partial charge in [-0.3, -0.25) is 0 Å². The quantitative estimate of drug-likeness (QED) is 0.0582. The molecule has 12 heteroatoms. The number of hydrogen-bond donors (Lipinski definition) is 0. The smallest absolute Gasteiger partial charge is 0.119 e. The highest BCUT2D eigenvalue weighted by molar-refractivity contribution is 5.27. The Kier molecular flexibility index (Phi) is 48.4. The van der Waals surface area contributed by atoms with Crippen molar-refractivity contribution in [1.29, 1.82) is 0 Å². The van der Waals surface area contributed by atoms with E-state index in [2.05, 4.69) is 38.1 Å². The van der Waals surface area contributed by atoms with Crippen LogP contribution in [0.3, 0.4) is 0 Å². The SMILES string of the molecule is CCCCCCCCCCCCOCCOCCOCCOCCOCCOCCOCCOCCOCCOCCOCCOc1ccc(CCCCCCCCC)cc1. The molecule has 0 saturated heterocycles. The van der Waals surface area contributed by atoms with Gasteiger partial charge in [0.25, 0.3) is 0 Å². The van der Waals surface area contributed by atoms with E-state index in [1.807, 2.05) is 0 Å². The Labute approximate surface area is 372 Å². The van der Waals surface area contributed by atoms with Gasteiger partial charge in [-0.2, -0.15) is 0 Å². The van der Waals surface area contributed by atoms with Crippen LogP contribution in [0.2, 0.25) is 0 Å². The van der Waals surface area contributed by atoms with E-state index < -0.39 is 0 Å². The first-order valence-corrected chi connectivity index (χ1v) is 24.4. The lowest BCUT2D eigenvalue weighted by Gasteiger charge is -2.09. The van der Waals surface area contributed by atoms with Gasteiger partial charge in [-0.05, 0) is 37.0 Å². The fourth-order valence-electron chi connectivity index (χ4n) is 6.25. The standard InChI is InChI=1S/C49H92O12/c1-3-5-7-9-11-12-13-15-17-19-25-50-26-27-51-28-29-52-30-31-53-32-33-54-34-35-55-36-37-56-38-39-57-40-41-58-42-43-59-44-45-60-46-47-61-49-23-21-48(22-24-49)20-18-16-14-10-8-6-4-2/h21-24H,3-20,25-47H2,1-2H3. The first-order valence-electron chi connectivity index (χ1n) is 24.4. The predicted octanol–water partition coefficient (Wildman–Crippen LogP) is 9.46. The molecule has 0 aliphatic heterocycles. The Morgan fingerprint density at radius 1 is 0.246 bits per heavy atom. The van der Waals surface area contributed by atoms with E-state index in [1.165, 1.54) is 108 Å². The van der Waals surface area contributed by atoms with Gasteiger partial charge in [0.15, 0.2) is 0 Å². The van der Waals surface area contributed by atoms with Crippen LogP contribution in [-0.4, -0.2) is 152 Å². The van der Waals surface area contributed by atoms with Crippen LogP contribution in [0, 0.1) is 0 Å². The molecule has 0 fully saturated rings. The van der Waals surface area contributed by atoms with Gasteiger partial charge in [0, 0.05) is 6.61 Å². The van der Waals surface area contributed by atoms with Crippen LogP contribution in [0.25, 0.3) is 0 Å². The zero-order valence-electron chi connectivity index (χ0n) is 39.2. The maximum atomic E-state index is 5.80. The Hall–Kier alpha value is -1.42. The topological polar surface area (TPSA) is 111 Å². The molecule has 0 spiro atoms. The largest absolute Gasteiger partial charge is 0.491 e. The third kappa shape index (κ3) is 46.4. The molecule has 0 bridgehead atoms. The Morgan fingerprint density at radius 3 is 0.803 bits per heavy atom. The highest BCUT2D eigenvalue weighted by Gasteiger charge is 2.00. The zero-order chi connectivity index (χ0) is 43.5. The van der Waals surface area contributed by atoms with Crippen LogP contribution in [0.4, 0.5) is 0 Å². The molecular formula is C49H92O12. The zero-order valence-corrected chi connectivity index (χ0v) is 39.2. The molecule has 1 aromatic rings. The van der Waals surface area contributed by atoms with E-state index in [1.54, 1.807) is 0 Å².